The maximum atomic E-state index is 10.0. The largest absolute Gasteiger partial charge is 0.508 e. The van der Waals surface area contributed by atoms with E-state index in [-0.39, 0.29) is 5.92 Å². The monoisotopic (exact) mass is 267 g/mol. The minimum Gasteiger partial charge on any atom is -0.508 e. The summed E-state index contributed by atoms with van der Waals surface area (Å²) in [5.74, 6) is 1.28. The molecule has 0 aliphatic carbocycles. The van der Waals surface area contributed by atoms with Gasteiger partial charge in [0.05, 0.1) is 7.11 Å². The molecule has 102 valence electrons. The van der Waals surface area contributed by atoms with E-state index in [0.717, 1.165) is 27.8 Å². The highest BCUT2D eigenvalue weighted by Crippen LogP contribution is 2.35. The second-order valence-electron chi connectivity index (χ2n) is 4.94. The predicted octanol–water partition coefficient (Wildman–Crippen LogP) is 4.03. The first kappa shape index (κ1) is 12.6. The fourth-order valence-electron chi connectivity index (χ4n) is 2.63. The first-order valence-electron chi connectivity index (χ1n) is 6.63. The Morgan fingerprint density at radius 2 is 1.90 bits per heavy atom. The van der Waals surface area contributed by atoms with Crippen molar-refractivity contribution in [2.24, 2.45) is 0 Å². The number of aromatic hydroxyl groups is 1. The summed E-state index contributed by atoms with van der Waals surface area (Å²) in [5.41, 5.74) is 3.15. The minimum absolute atomic E-state index is 0.108. The van der Waals surface area contributed by atoms with E-state index >= 15 is 0 Å². The summed E-state index contributed by atoms with van der Waals surface area (Å²) in [7, 11) is 1.67. The molecule has 0 bridgehead atoms. The van der Waals surface area contributed by atoms with E-state index in [1.165, 1.54) is 0 Å². The maximum absolute atomic E-state index is 10.0. The van der Waals surface area contributed by atoms with E-state index in [4.69, 9.17) is 4.74 Å². The summed E-state index contributed by atoms with van der Waals surface area (Å²) in [6.07, 6.45) is 2.00. The van der Waals surface area contributed by atoms with Gasteiger partial charge in [0, 0.05) is 28.6 Å². The van der Waals surface area contributed by atoms with Crippen molar-refractivity contribution >= 4 is 10.9 Å². The molecule has 0 amide bonds. The summed E-state index contributed by atoms with van der Waals surface area (Å²) in [4.78, 5) is 3.27. The lowest BCUT2D eigenvalue weighted by Crippen LogP contribution is -1.95. The molecule has 0 aliphatic rings. The fraction of sp³-hybridized carbons (Fsp3) is 0.176. The SMILES string of the molecule is COc1ccc2[nH]cc(C(C)c3ccccc3O)c2c1. The second-order valence-corrected chi connectivity index (χ2v) is 4.94. The van der Waals surface area contributed by atoms with Gasteiger partial charge in [0.2, 0.25) is 0 Å². The molecule has 3 nitrogen and oxygen atoms in total. The number of benzene rings is 2. The van der Waals surface area contributed by atoms with Crippen molar-refractivity contribution in [3.63, 3.8) is 0 Å². The minimum atomic E-state index is 0.108. The number of para-hydroxylation sites is 1. The third kappa shape index (κ3) is 2.01. The van der Waals surface area contributed by atoms with Gasteiger partial charge in [-0.05, 0) is 29.8 Å². The zero-order valence-corrected chi connectivity index (χ0v) is 11.6. The summed E-state index contributed by atoms with van der Waals surface area (Å²) >= 11 is 0. The average Bonchev–Trinajstić information content (AvgIpc) is 2.89. The number of fused-ring (bicyclic) bond motifs is 1. The molecule has 3 rings (SSSR count). The molecule has 2 aromatic carbocycles. The molecule has 0 fully saturated rings. The first-order chi connectivity index (χ1) is 9.70. The number of aromatic nitrogens is 1. The standard InChI is InChI=1S/C17H17NO2/c1-11(13-5-3-4-6-17(13)19)15-10-18-16-8-7-12(20-2)9-14(15)16/h3-11,18-19H,1-2H3. The molecule has 0 saturated heterocycles. The number of ether oxygens (including phenoxy) is 1. The Balaban J connectivity index is 2.12. The van der Waals surface area contributed by atoms with Gasteiger partial charge in [-0.3, -0.25) is 0 Å². The van der Waals surface area contributed by atoms with Crippen LogP contribution in [0.25, 0.3) is 10.9 Å². The zero-order chi connectivity index (χ0) is 14.1. The van der Waals surface area contributed by atoms with Crippen LogP contribution in [-0.2, 0) is 0 Å². The van der Waals surface area contributed by atoms with Crippen molar-refractivity contribution < 1.29 is 9.84 Å². The Kier molecular flexibility index (Phi) is 3.11. The molecule has 0 saturated carbocycles. The van der Waals surface area contributed by atoms with E-state index in [9.17, 15) is 5.11 Å². The van der Waals surface area contributed by atoms with Crippen molar-refractivity contribution in [2.45, 2.75) is 12.8 Å². The summed E-state index contributed by atoms with van der Waals surface area (Å²) in [6.45, 7) is 2.09. The van der Waals surface area contributed by atoms with Crippen LogP contribution in [0.3, 0.4) is 0 Å². The predicted molar refractivity (Wildman–Crippen MR) is 80.5 cm³/mol. The summed E-state index contributed by atoms with van der Waals surface area (Å²) in [6, 6.07) is 13.4. The van der Waals surface area contributed by atoms with Gasteiger partial charge >= 0.3 is 0 Å². The Morgan fingerprint density at radius 3 is 2.65 bits per heavy atom. The highest BCUT2D eigenvalue weighted by Gasteiger charge is 2.16. The van der Waals surface area contributed by atoms with Crippen LogP contribution in [0.2, 0.25) is 0 Å². The van der Waals surface area contributed by atoms with Crippen LogP contribution in [0.15, 0.2) is 48.7 Å². The number of rotatable bonds is 3. The molecule has 1 unspecified atom stereocenters. The molecular weight excluding hydrogens is 250 g/mol. The molecule has 20 heavy (non-hydrogen) atoms. The fourth-order valence-corrected chi connectivity index (χ4v) is 2.63. The van der Waals surface area contributed by atoms with Crippen LogP contribution in [-0.4, -0.2) is 17.2 Å². The lowest BCUT2D eigenvalue weighted by Gasteiger charge is -2.13. The smallest absolute Gasteiger partial charge is 0.119 e. The van der Waals surface area contributed by atoms with Crippen LogP contribution in [0.1, 0.15) is 24.0 Å². The molecule has 0 aliphatic heterocycles. The van der Waals surface area contributed by atoms with Gasteiger partial charge < -0.3 is 14.8 Å². The van der Waals surface area contributed by atoms with Crippen molar-refractivity contribution in [1.29, 1.82) is 0 Å². The second kappa shape index (κ2) is 4.93. The number of H-pyrrole nitrogens is 1. The molecule has 1 aromatic heterocycles. The van der Waals surface area contributed by atoms with Crippen LogP contribution in [0.4, 0.5) is 0 Å². The molecule has 1 heterocycles. The number of phenolic OH excluding ortho intramolecular Hbond substituents is 1. The summed E-state index contributed by atoms with van der Waals surface area (Å²) < 4.78 is 5.29. The van der Waals surface area contributed by atoms with E-state index in [1.54, 1.807) is 13.2 Å². The van der Waals surface area contributed by atoms with E-state index in [0.29, 0.717) is 5.75 Å². The molecule has 3 heteroatoms. The van der Waals surface area contributed by atoms with Gasteiger partial charge in [-0.15, -0.1) is 0 Å². The van der Waals surface area contributed by atoms with Crippen LogP contribution in [0, 0.1) is 0 Å². The Morgan fingerprint density at radius 1 is 1.10 bits per heavy atom. The number of hydrogen-bond acceptors (Lipinski definition) is 2. The van der Waals surface area contributed by atoms with Crippen LogP contribution >= 0.6 is 0 Å². The van der Waals surface area contributed by atoms with Gasteiger partial charge in [0.15, 0.2) is 0 Å². The van der Waals surface area contributed by atoms with Gasteiger partial charge in [-0.25, -0.2) is 0 Å². The number of phenols is 1. The topological polar surface area (TPSA) is 45.2 Å². The number of hydrogen-bond donors (Lipinski definition) is 2. The number of aromatic amines is 1. The average molecular weight is 267 g/mol. The highest BCUT2D eigenvalue weighted by atomic mass is 16.5. The third-order valence-electron chi connectivity index (χ3n) is 3.79. The van der Waals surface area contributed by atoms with Crippen LogP contribution < -0.4 is 4.74 Å². The van der Waals surface area contributed by atoms with Gasteiger partial charge in [0.25, 0.3) is 0 Å². The lowest BCUT2D eigenvalue weighted by molar-refractivity contribution is 0.415. The Bertz CT molecular complexity index is 746. The molecular formula is C17H17NO2. The van der Waals surface area contributed by atoms with E-state index in [2.05, 4.69) is 11.9 Å². The van der Waals surface area contributed by atoms with Crippen molar-refractivity contribution in [2.75, 3.05) is 7.11 Å². The number of methoxy groups -OCH3 is 1. The van der Waals surface area contributed by atoms with Crippen molar-refractivity contribution in [3.05, 3.63) is 59.8 Å². The lowest BCUT2D eigenvalue weighted by atomic mass is 9.92. The van der Waals surface area contributed by atoms with Crippen LogP contribution in [0.5, 0.6) is 11.5 Å². The van der Waals surface area contributed by atoms with Gasteiger partial charge in [0.1, 0.15) is 11.5 Å². The number of nitrogens with one attached hydrogen (secondary N) is 1. The molecule has 0 radical (unpaired) electrons. The molecule has 3 aromatic rings. The molecule has 0 spiro atoms. The Labute approximate surface area is 117 Å². The van der Waals surface area contributed by atoms with Crippen molar-refractivity contribution in [3.8, 4) is 11.5 Å². The maximum Gasteiger partial charge on any atom is 0.119 e. The highest BCUT2D eigenvalue weighted by molar-refractivity contribution is 5.85. The zero-order valence-electron chi connectivity index (χ0n) is 11.6. The quantitative estimate of drug-likeness (QED) is 0.752. The molecule has 2 N–H and O–H groups in total. The third-order valence-corrected chi connectivity index (χ3v) is 3.79. The van der Waals surface area contributed by atoms with Crippen molar-refractivity contribution in [1.82, 2.24) is 4.98 Å². The first-order valence-corrected chi connectivity index (χ1v) is 6.63. The van der Waals surface area contributed by atoms with Gasteiger partial charge in [-0.2, -0.15) is 0 Å². The van der Waals surface area contributed by atoms with E-state index < -0.39 is 0 Å². The van der Waals surface area contributed by atoms with Gasteiger partial charge in [-0.1, -0.05) is 25.1 Å². The normalized spacial score (nSPS) is 12.5. The summed E-state index contributed by atoms with van der Waals surface area (Å²) in [5, 5.41) is 11.1. The molecule has 1 atom stereocenters. The van der Waals surface area contributed by atoms with E-state index in [1.807, 2.05) is 42.6 Å². The Hall–Kier alpha value is -2.42.